The molecule has 4 rings (SSSR count). The molecule has 0 spiro atoms. The topological polar surface area (TPSA) is 25.8 Å². The number of hydrogen-bond acceptors (Lipinski definition) is 2. The molecule has 98 valence electrons. The average Bonchev–Trinajstić information content (AvgIpc) is 2.41. The van der Waals surface area contributed by atoms with Gasteiger partial charge in [-0.1, -0.05) is 13.8 Å². The molecule has 1 aromatic rings. The van der Waals surface area contributed by atoms with Crippen LogP contribution < -0.4 is 0 Å². The normalized spacial score (nSPS) is 35.1. The second kappa shape index (κ2) is 4.04. The average molecular weight is 244 g/mol. The monoisotopic (exact) mass is 244 g/mol. The lowest BCUT2D eigenvalue weighted by Crippen LogP contribution is -2.47. The smallest absolute Gasteiger partial charge is 0.134 e. The Hall–Kier alpha value is -0.920. The Balaban J connectivity index is 1.86. The molecule has 0 unspecified atom stereocenters. The lowest BCUT2D eigenvalue weighted by molar-refractivity contribution is -0.00162. The summed E-state index contributed by atoms with van der Waals surface area (Å²) in [7, 11) is 0. The maximum Gasteiger partial charge on any atom is 0.134 e. The van der Waals surface area contributed by atoms with Crippen molar-refractivity contribution in [2.45, 2.75) is 64.7 Å². The van der Waals surface area contributed by atoms with Crippen LogP contribution in [0.15, 0.2) is 12.4 Å². The highest BCUT2D eigenvalue weighted by Crippen LogP contribution is 2.59. The van der Waals surface area contributed by atoms with E-state index in [0.29, 0.717) is 10.8 Å². The van der Waals surface area contributed by atoms with Gasteiger partial charge in [-0.3, -0.25) is 0 Å². The van der Waals surface area contributed by atoms with Gasteiger partial charge in [0.15, 0.2) is 0 Å². The highest BCUT2D eigenvalue weighted by Gasteiger charge is 2.51. The maximum absolute atomic E-state index is 4.63. The van der Waals surface area contributed by atoms with Gasteiger partial charge in [0.05, 0.1) is 0 Å². The third-order valence-corrected chi connectivity index (χ3v) is 5.78. The summed E-state index contributed by atoms with van der Waals surface area (Å²) in [5.74, 6) is 1.94. The van der Waals surface area contributed by atoms with Gasteiger partial charge in [-0.25, -0.2) is 9.97 Å². The molecule has 0 saturated heterocycles. The Labute approximate surface area is 110 Å². The van der Waals surface area contributed by atoms with Crippen LogP contribution in [0.4, 0.5) is 0 Å². The summed E-state index contributed by atoms with van der Waals surface area (Å²) < 4.78 is 0. The number of aromatic nitrogens is 2. The van der Waals surface area contributed by atoms with Crippen LogP contribution in [0.1, 0.15) is 63.8 Å². The molecule has 0 aromatic carbocycles. The molecule has 2 bridgehead atoms. The molecule has 3 aliphatic carbocycles. The first kappa shape index (κ1) is 12.1. The second-order valence-corrected chi connectivity index (χ2v) is 6.88. The van der Waals surface area contributed by atoms with Gasteiger partial charge in [0.1, 0.15) is 5.82 Å². The number of nitrogens with zero attached hydrogens (tertiary/aromatic N) is 2. The summed E-state index contributed by atoms with van der Waals surface area (Å²) in [6.45, 7) is 6.87. The zero-order valence-corrected chi connectivity index (χ0v) is 11.9. The summed E-state index contributed by atoms with van der Waals surface area (Å²) >= 11 is 0. The zero-order valence-electron chi connectivity index (χ0n) is 11.9. The van der Waals surface area contributed by atoms with Crippen molar-refractivity contribution >= 4 is 0 Å². The first-order valence-corrected chi connectivity index (χ1v) is 7.36. The SMILES string of the molecule is Cc1cnc(C23CCC(C(C)C)(CC2)CC3)nc1. The summed E-state index contributed by atoms with van der Waals surface area (Å²) in [4.78, 5) is 9.25. The molecule has 0 amide bonds. The molecule has 2 heteroatoms. The van der Waals surface area contributed by atoms with Crippen LogP contribution in [-0.2, 0) is 5.41 Å². The van der Waals surface area contributed by atoms with Crippen molar-refractivity contribution in [3.05, 3.63) is 23.8 Å². The summed E-state index contributed by atoms with van der Waals surface area (Å²) in [5.41, 5.74) is 2.11. The molecule has 3 aliphatic rings. The van der Waals surface area contributed by atoms with E-state index in [0.717, 1.165) is 11.7 Å². The quantitative estimate of drug-likeness (QED) is 0.785. The van der Waals surface area contributed by atoms with E-state index in [-0.39, 0.29) is 0 Å². The van der Waals surface area contributed by atoms with Crippen LogP contribution in [-0.4, -0.2) is 9.97 Å². The van der Waals surface area contributed by atoms with Gasteiger partial charge in [0, 0.05) is 17.8 Å². The first-order chi connectivity index (χ1) is 8.56. The van der Waals surface area contributed by atoms with Crippen molar-refractivity contribution in [1.82, 2.24) is 9.97 Å². The van der Waals surface area contributed by atoms with Crippen LogP contribution in [0.5, 0.6) is 0 Å². The molecular weight excluding hydrogens is 220 g/mol. The molecule has 3 saturated carbocycles. The van der Waals surface area contributed by atoms with Crippen LogP contribution in [0.2, 0.25) is 0 Å². The van der Waals surface area contributed by atoms with Gasteiger partial charge in [-0.15, -0.1) is 0 Å². The van der Waals surface area contributed by atoms with Crippen molar-refractivity contribution in [2.75, 3.05) is 0 Å². The lowest BCUT2D eigenvalue weighted by atomic mass is 9.50. The van der Waals surface area contributed by atoms with Crippen LogP contribution in [0.3, 0.4) is 0 Å². The lowest BCUT2D eigenvalue weighted by Gasteiger charge is -2.54. The molecule has 0 atom stereocenters. The van der Waals surface area contributed by atoms with E-state index in [9.17, 15) is 0 Å². The van der Waals surface area contributed by atoms with Crippen LogP contribution >= 0.6 is 0 Å². The van der Waals surface area contributed by atoms with Crippen molar-refractivity contribution in [3.8, 4) is 0 Å². The Morgan fingerprint density at radius 2 is 1.44 bits per heavy atom. The highest BCUT2D eigenvalue weighted by atomic mass is 14.9. The van der Waals surface area contributed by atoms with E-state index in [2.05, 4.69) is 30.7 Å². The van der Waals surface area contributed by atoms with Gasteiger partial charge in [-0.2, -0.15) is 0 Å². The van der Waals surface area contributed by atoms with E-state index < -0.39 is 0 Å². The molecule has 0 N–H and O–H groups in total. The molecular formula is C16H24N2. The Kier molecular flexibility index (Phi) is 2.72. The molecule has 2 nitrogen and oxygen atoms in total. The Morgan fingerprint density at radius 3 is 1.89 bits per heavy atom. The molecule has 3 fully saturated rings. The van der Waals surface area contributed by atoms with Crippen molar-refractivity contribution < 1.29 is 0 Å². The third kappa shape index (κ3) is 1.69. The highest BCUT2D eigenvalue weighted by molar-refractivity contribution is 5.17. The predicted octanol–water partition coefficient (Wildman–Crippen LogP) is 4.03. The van der Waals surface area contributed by atoms with E-state index in [1.165, 1.54) is 44.1 Å². The minimum atomic E-state index is 0.310. The maximum atomic E-state index is 4.63. The fraction of sp³-hybridized carbons (Fsp3) is 0.750. The standard InChI is InChI=1S/C16H24N2/c1-12(2)15-4-7-16(8-5-15,9-6-15)14-17-10-13(3)11-18-14/h10-12H,4-9H2,1-3H3. The number of fused-ring (bicyclic) bond motifs is 3. The summed E-state index contributed by atoms with van der Waals surface area (Å²) in [5, 5.41) is 0. The minimum absolute atomic E-state index is 0.310. The second-order valence-electron chi connectivity index (χ2n) is 6.88. The van der Waals surface area contributed by atoms with Crippen molar-refractivity contribution in [3.63, 3.8) is 0 Å². The van der Waals surface area contributed by atoms with Gasteiger partial charge in [-0.05, 0) is 62.3 Å². The summed E-state index contributed by atoms with van der Waals surface area (Å²) in [6, 6.07) is 0. The largest absolute Gasteiger partial charge is 0.241 e. The van der Waals surface area contributed by atoms with Gasteiger partial charge in [0.2, 0.25) is 0 Å². The third-order valence-electron chi connectivity index (χ3n) is 5.78. The van der Waals surface area contributed by atoms with E-state index in [4.69, 9.17) is 0 Å². The van der Waals surface area contributed by atoms with E-state index >= 15 is 0 Å². The molecule has 0 radical (unpaired) electrons. The number of aryl methyl sites for hydroxylation is 1. The van der Waals surface area contributed by atoms with Crippen molar-refractivity contribution in [1.29, 1.82) is 0 Å². The minimum Gasteiger partial charge on any atom is -0.241 e. The Morgan fingerprint density at radius 1 is 0.944 bits per heavy atom. The van der Waals surface area contributed by atoms with Crippen LogP contribution in [0, 0.1) is 18.3 Å². The summed E-state index contributed by atoms with van der Waals surface area (Å²) in [6.07, 6.45) is 12.0. The van der Waals surface area contributed by atoms with Gasteiger partial charge in [0.25, 0.3) is 0 Å². The molecule has 0 aliphatic heterocycles. The zero-order chi connectivity index (χ0) is 12.8. The molecule has 1 aromatic heterocycles. The molecule has 1 heterocycles. The number of hydrogen-bond donors (Lipinski definition) is 0. The Bertz CT molecular complexity index is 408. The fourth-order valence-corrected chi connectivity index (χ4v) is 4.08. The number of rotatable bonds is 2. The molecule has 18 heavy (non-hydrogen) atoms. The van der Waals surface area contributed by atoms with Crippen LogP contribution in [0.25, 0.3) is 0 Å². The van der Waals surface area contributed by atoms with Gasteiger partial charge >= 0.3 is 0 Å². The predicted molar refractivity (Wildman–Crippen MR) is 73.4 cm³/mol. The first-order valence-electron chi connectivity index (χ1n) is 7.36. The van der Waals surface area contributed by atoms with E-state index in [1.54, 1.807) is 0 Å². The van der Waals surface area contributed by atoms with Gasteiger partial charge < -0.3 is 0 Å². The fourth-order valence-electron chi connectivity index (χ4n) is 4.08. The van der Waals surface area contributed by atoms with E-state index in [1.807, 2.05) is 12.4 Å². The van der Waals surface area contributed by atoms with Crippen molar-refractivity contribution in [2.24, 2.45) is 11.3 Å².